The van der Waals surface area contributed by atoms with E-state index >= 15 is 0 Å². The molecule has 0 spiro atoms. The molecule has 0 fully saturated rings. The van der Waals surface area contributed by atoms with Crippen LogP contribution in [0.3, 0.4) is 0 Å². The van der Waals surface area contributed by atoms with Gasteiger partial charge in [-0.15, -0.1) is 10.2 Å². The fraction of sp³-hybridized carbons (Fsp3) is 0.348. The zero-order valence-electron chi connectivity index (χ0n) is 17.6. The molecule has 0 saturated heterocycles. The third-order valence-electron chi connectivity index (χ3n) is 5.39. The lowest BCUT2D eigenvalue weighted by Crippen LogP contribution is -2.41. The SMILES string of the molecule is CCCc1nnc2n1N[C@@H](c1ccc(CC)cc1)[C@@H](C(=O)Nc1ccccc1C)S2. The number of carbonyl (C=O) groups is 1. The van der Waals surface area contributed by atoms with Gasteiger partial charge in [0, 0.05) is 12.1 Å². The topological polar surface area (TPSA) is 71.8 Å². The van der Waals surface area contributed by atoms with E-state index in [1.165, 1.54) is 17.3 Å². The van der Waals surface area contributed by atoms with E-state index in [0.29, 0.717) is 0 Å². The quantitative estimate of drug-likeness (QED) is 0.613. The first-order chi connectivity index (χ1) is 14.6. The van der Waals surface area contributed by atoms with Crippen molar-refractivity contribution in [3.05, 3.63) is 71.0 Å². The van der Waals surface area contributed by atoms with Gasteiger partial charge in [0.1, 0.15) is 5.25 Å². The fourth-order valence-corrected chi connectivity index (χ4v) is 4.71. The Labute approximate surface area is 181 Å². The summed E-state index contributed by atoms with van der Waals surface area (Å²) in [5.74, 6) is 0.852. The number of aryl methyl sites for hydroxylation is 3. The van der Waals surface area contributed by atoms with Crippen LogP contribution in [-0.4, -0.2) is 26.0 Å². The second-order valence-corrected chi connectivity index (χ2v) is 8.64. The van der Waals surface area contributed by atoms with Crippen LogP contribution in [0.15, 0.2) is 53.7 Å². The standard InChI is InChI=1S/C23H27N5OS/c1-4-8-19-25-26-23-28(19)27-20(17-13-11-16(5-2)12-14-17)21(30-23)22(29)24-18-10-7-6-9-15(18)3/h6-7,9-14,20-21,27H,4-5,8H2,1-3H3,(H,24,29)/t20-,21-/m0/s1. The molecule has 1 aliphatic heterocycles. The molecule has 0 unspecified atom stereocenters. The lowest BCUT2D eigenvalue weighted by atomic mass is 10.0. The summed E-state index contributed by atoms with van der Waals surface area (Å²) in [5, 5.41) is 12.1. The number of amides is 1. The van der Waals surface area contributed by atoms with E-state index < -0.39 is 0 Å². The van der Waals surface area contributed by atoms with Crippen molar-refractivity contribution in [2.24, 2.45) is 0 Å². The van der Waals surface area contributed by atoms with Crippen molar-refractivity contribution in [3.8, 4) is 0 Å². The van der Waals surface area contributed by atoms with Gasteiger partial charge in [-0.3, -0.25) is 4.79 Å². The normalized spacial score (nSPS) is 17.8. The summed E-state index contributed by atoms with van der Waals surface area (Å²) in [6, 6.07) is 16.1. The second kappa shape index (κ2) is 8.92. The lowest BCUT2D eigenvalue weighted by Gasteiger charge is -2.33. The summed E-state index contributed by atoms with van der Waals surface area (Å²) in [5.41, 5.74) is 7.75. The Morgan fingerprint density at radius 1 is 1.13 bits per heavy atom. The average molecular weight is 422 g/mol. The summed E-state index contributed by atoms with van der Waals surface area (Å²) in [6.45, 7) is 6.26. The van der Waals surface area contributed by atoms with Gasteiger partial charge in [-0.25, -0.2) is 4.68 Å². The molecule has 2 atom stereocenters. The van der Waals surface area contributed by atoms with Crippen molar-refractivity contribution in [3.63, 3.8) is 0 Å². The summed E-state index contributed by atoms with van der Waals surface area (Å²) >= 11 is 1.46. The molecule has 2 aromatic carbocycles. The van der Waals surface area contributed by atoms with Crippen molar-refractivity contribution in [1.82, 2.24) is 14.9 Å². The van der Waals surface area contributed by atoms with E-state index in [1.807, 2.05) is 35.9 Å². The van der Waals surface area contributed by atoms with Gasteiger partial charge in [-0.2, -0.15) is 0 Å². The molecule has 6 nitrogen and oxygen atoms in total. The zero-order valence-corrected chi connectivity index (χ0v) is 18.4. The Bertz CT molecular complexity index is 1030. The van der Waals surface area contributed by atoms with Gasteiger partial charge in [-0.1, -0.05) is 68.1 Å². The van der Waals surface area contributed by atoms with E-state index in [4.69, 9.17) is 0 Å². The maximum atomic E-state index is 13.3. The minimum absolute atomic E-state index is 0.0438. The van der Waals surface area contributed by atoms with Crippen LogP contribution in [0.25, 0.3) is 0 Å². The number of hydrogen-bond donors (Lipinski definition) is 2. The highest BCUT2D eigenvalue weighted by Gasteiger charge is 2.37. The molecule has 0 radical (unpaired) electrons. The Kier molecular flexibility index (Phi) is 6.08. The average Bonchev–Trinajstić information content (AvgIpc) is 3.16. The van der Waals surface area contributed by atoms with Crippen molar-refractivity contribution in [1.29, 1.82) is 0 Å². The van der Waals surface area contributed by atoms with Gasteiger partial charge >= 0.3 is 0 Å². The van der Waals surface area contributed by atoms with Gasteiger partial charge in [0.05, 0.1) is 6.04 Å². The number of para-hydroxylation sites is 1. The number of hydrogen-bond acceptors (Lipinski definition) is 5. The number of thioether (sulfide) groups is 1. The predicted molar refractivity (Wildman–Crippen MR) is 121 cm³/mol. The van der Waals surface area contributed by atoms with Crippen molar-refractivity contribution in [2.75, 3.05) is 10.7 Å². The number of fused-ring (bicyclic) bond motifs is 1. The molecule has 3 aromatic rings. The smallest absolute Gasteiger partial charge is 0.240 e. The summed E-state index contributed by atoms with van der Waals surface area (Å²) < 4.78 is 1.95. The van der Waals surface area contributed by atoms with Gasteiger partial charge in [0.15, 0.2) is 5.82 Å². The number of benzene rings is 2. The van der Waals surface area contributed by atoms with E-state index in [2.05, 4.69) is 59.1 Å². The third kappa shape index (κ3) is 4.07. The number of carbonyl (C=O) groups excluding carboxylic acids is 1. The molecular formula is C23H27N5OS. The first kappa shape index (κ1) is 20.5. The monoisotopic (exact) mass is 421 g/mol. The lowest BCUT2D eigenvalue weighted by molar-refractivity contribution is -0.116. The zero-order chi connectivity index (χ0) is 21.1. The highest BCUT2D eigenvalue weighted by Crippen LogP contribution is 2.38. The van der Waals surface area contributed by atoms with E-state index in [1.54, 1.807) is 0 Å². The molecule has 1 aliphatic rings. The third-order valence-corrected chi connectivity index (χ3v) is 6.60. The Morgan fingerprint density at radius 2 is 1.90 bits per heavy atom. The number of nitrogens with one attached hydrogen (secondary N) is 2. The molecule has 2 heterocycles. The first-order valence-corrected chi connectivity index (χ1v) is 11.3. The molecule has 2 N–H and O–H groups in total. The van der Waals surface area contributed by atoms with Crippen LogP contribution in [0.2, 0.25) is 0 Å². The van der Waals surface area contributed by atoms with Crippen LogP contribution in [0.1, 0.15) is 48.8 Å². The highest BCUT2D eigenvalue weighted by atomic mass is 32.2. The minimum Gasteiger partial charge on any atom is -0.325 e. The van der Waals surface area contributed by atoms with Crippen LogP contribution in [-0.2, 0) is 17.6 Å². The van der Waals surface area contributed by atoms with E-state index in [-0.39, 0.29) is 17.2 Å². The van der Waals surface area contributed by atoms with Crippen LogP contribution in [0, 0.1) is 6.92 Å². The molecule has 0 aliphatic carbocycles. The van der Waals surface area contributed by atoms with Crippen LogP contribution in [0.5, 0.6) is 0 Å². The molecular weight excluding hydrogens is 394 g/mol. The Balaban J connectivity index is 1.67. The number of anilines is 1. The van der Waals surface area contributed by atoms with Crippen molar-refractivity contribution < 1.29 is 4.79 Å². The van der Waals surface area contributed by atoms with Gasteiger partial charge in [-0.05, 0) is 42.5 Å². The largest absolute Gasteiger partial charge is 0.325 e. The van der Waals surface area contributed by atoms with Crippen LogP contribution < -0.4 is 10.7 Å². The molecule has 7 heteroatoms. The maximum Gasteiger partial charge on any atom is 0.240 e. The second-order valence-electron chi connectivity index (χ2n) is 7.53. The molecule has 0 bridgehead atoms. The van der Waals surface area contributed by atoms with Crippen molar-refractivity contribution >= 4 is 23.4 Å². The van der Waals surface area contributed by atoms with Crippen molar-refractivity contribution in [2.45, 2.75) is 56.5 Å². The summed E-state index contributed by atoms with van der Waals surface area (Å²) in [6.07, 6.45) is 2.81. The van der Waals surface area contributed by atoms with E-state index in [0.717, 1.165) is 47.1 Å². The first-order valence-electron chi connectivity index (χ1n) is 10.4. The van der Waals surface area contributed by atoms with E-state index in [9.17, 15) is 4.79 Å². The maximum absolute atomic E-state index is 13.3. The van der Waals surface area contributed by atoms with Gasteiger partial charge in [0.2, 0.25) is 11.1 Å². The minimum atomic E-state index is -0.372. The number of rotatable bonds is 6. The molecule has 1 aromatic heterocycles. The molecule has 156 valence electrons. The van der Waals surface area contributed by atoms with Crippen LogP contribution in [0.4, 0.5) is 5.69 Å². The Hall–Kier alpha value is -2.80. The van der Waals surface area contributed by atoms with Gasteiger partial charge < -0.3 is 10.7 Å². The Morgan fingerprint density at radius 3 is 2.60 bits per heavy atom. The fourth-order valence-electron chi connectivity index (χ4n) is 3.61. The molecule has 0 saturated carbocycles. The highest BCUT2D eigenvalue weighted by molar-refractivity contribution is 8.00. The molecule has 4 rings (SSSR count). The van der Waals surface area contributed by atoms with Crippen LogP contribution >= 0.6 is 11.8 Å². The molecule has 1 amide bonds. The summed E-state index contributed by atoms with van der Waals surface area (Å²) in [4.78, 5) is 13.3. The number of nitrogens with zero attached hydrogens (tertiary/aromatic N) is 3. The predicted octanol–water partition coefficient (Wildman–Crippen LogP) is 4.50. The number of aromatic nitrogens is 3. The van der Waals surface area contributed by atoms with Gasteiger partial charge in [0.25, 0.3) is 0 Å². The molecule has 30 heavy (non-hydrogen) atoms. The summed E-state index contributed by atoms with van der Waals surface area (Å²) in [7, 11) is 0.